The molecule has 1 aromatic rings. The van der Waals surface area contributed by atoms with Crippen molar-refractivity contribution < 1.29 is 9.53 Å². The molecule has 0 fully saturated rings. The van der Waals surface area contributed by atoms with Gasteiger partial charge in [-0.1, -0.05) is 23.7 Å². The molecule has 0 saturated carbocycles. The van der Waals surface area contributed by atoms with Gasteiger partial charge in [0.25, 0.3) is 0 Å². The summed E-state index contributed by atoms with van der Waals surface area (Å²) in [5.74, 6) is -0.311. The van der Waals surface area contributed by atoms with E-state index in [1.54, 1.807) is 6.08 Å². The predicted molar refractivity (Wildman–Crippen MR) is 74.2 cm³/mol. The molecule has 0 atom stereocenters. The Bertz CT molecular complexity index is 509. The molecule has 1 N–H and O–H groups in total. The monoisotopic (exact) mass is 278 g/mol. The number of ether oxygens (including phenoxy) is 1. The number of hydrogen-bond donors (Lipinski definition) is 1. The normalized spacial score (nSPS) is 14.2. The molecule has 1 aliphatic rings. The molecule has 1 heterocycles. The maximum atomic E-state index is 11.3. The highest BCUT2D eigenvalue weighted by atomic mass is 35.5. The molecule has 5 heteroatoms. The Morgan fingerprint density at radius 3 is 2.74 bits per heavy atom. The lowest BCUT2D eigenvalue weighted by molar-refractivity contribution is -0.135. The Morgan fingerprint density at radius 2 is 2.16 bits per heavy atom. The molecular formula is C14H15ClN2O2. The number of rotatable bonds is 4. The largest absolute Gasteiger partial charge is 0.465 e. The molecular weight excluding hydrogens is 264 g/mol. The fraction of sp³-hybridized carbons (Fsp3) is 0.214. The molecule has 0 unspecified atom stereocenters. The second-order valence-electron chi connectivity index (χ2n) is 4.08. The number of benzene rings is 1. The zero-order valence-corrected chi connectivity index (χ0v) is 11.4. The zero-order chi connectivity index (χ0) is 13.7. The van der Waals surface area contributed by atoms with Crippen LogP contribution in [0.1, 0.15) is 5.56 Å². The Hall–Kier alpha value is -1.78. The van der Waals surface area contributed by atoms with Crippen molar-refractivity contribution in [2.24, 2.45) is 0 Å². The van der Waals surface area contributed by atoms with Gasteiger partial charge in [-0.2, -0.15) is 0 Å². The van der Waals surface area contributed by atoms with Crippen molar-refractivity contribution in [1.82, 2.24) is 10.4 Å². The lowest BCUT2D eigenvalue weighted by Gasteiger charge is -2.23. The highest BCUT2D eigenvalue weighted by Gasteiger charge is 2.10. The van der Waals surface area contributed by atoms with Gasteiger partial charge in [0.1, 0.15) is 0 Å². The summed E-state index contributed by atoms with van der Waals surface area (Å²) in [5, 5.41) is 2.63. The molecule has 0 radical (unpaired) electrons. The SMILES string of the molecule is COC(=O)C1=CCN(NCc2ccc(Cl)cc2)C=C1. The fourth-order valence-corrected chi connectivity index (χ4v) is 1.80. The molecule has 0 saturated heterocycles. The van der Waals surface area contributed by atoms with Crippen LogP contribution < -0.4 is 5.43 Å². The van der Waals surface area contributed by atoms with Crippen LogP contribution in [0.5, 0.6) is 0 Å². The highest BCUT2D eigenvalue weighted by molar-refractivity contribution is 6.30. The smallest absolute Gasteiger partial charge is 0.337 e. The van der Waals surface area contributed by atoms with Crippen LogP contribution in [0, 0.1) is 0 Å². The average molecular weight is 279 g/mol. The average Bonchev–Trinajstić information content (AvgIpc) is 2.46. The van der Waals surface area contributed by atoms with Crippen molar-refractivity contribution in [1.29, 1.82) is 0 Å². The highest BCUT2D eigenvalue weighted by Crippen LogP contribution is 2.10. The molecule has 0 aromatic heterocycles. The van der Waals surface area contributed by atoms with E-state index in [-0.39, 0.29) is 5.97 Å². The quantitative estimate of drug-likeness (QED) is 0.858. The van der Waals surface area contributed by atoms with Gasteiger partial charge in [-0.25, -0.2) is 10.2 Å². The molecule has 0 amide bonds. The minimum Gasteiger partial charge on any atom is -0.465 e. The molecule has 1 aromatic carbocycles. The minimum absolute atomic E-state index is 0.311. The zero-order valence-electron chi connectivity index (χ0n) is 10.6. The van der Waals surface area contributed by atoms with E-state index in [0.29, 0.717) is 18.7 Å². The van der Waals surface area contributed by atoms with Crippen LogP contribution in [-0.4, -0.2) is 24.6 Å². The molecule has 100 valence electrons. The maximum Gasteiger partial charge on any atom is 0.337 e. The third-order valence-corrected chi connectivity index (χ3v) is 3.01. The molecule has 19 heavy (non-hydrogen) atoms. The molecule has 4 nitrogen and oxygen atoms in total. The lowest BCUT2D eigenvalue weighted by Crippen LogP contribution is -2.34. The van der Waals surface area contributed by atoms with Crippen LogP contribution in [-0.2, 0) is 16.1 Å². The summed E-state index contributed by atoms with van der Waals surface area (Å²) in [5.41, 5.74) is 4.96. The van der Waals surface area contributed by atoms with Gasteiger partial charge in [0.2, 0.25) is 0 Å². The van der Waals surface area contributed by atoms with Crippen LogP contribution in [0.4, 0.5) is 0 Å². The standard InChI is InChI=1S/C14H15ClN2O2/c1-19-14(18)12-6-8-17(9-7-12)16-10-11-2-4-13(15)5-3-11/h2-8,16H,9-10H2,1H3. The fourth-order valence-electron chi connectivity index (χ4n) is 1.68. The summed E-state index contributed by atoms with van der Waals surface area (Å²) < 4.78 is 4.66. The van der Waals surface area contributed by atoms with E-state index in [1.807, 2.05) is 41.6 Å². The summed E-state index contributed by atoms with van der Waals surface area (Å²) in [4.78, 5) is 11.3. The van der Waals surface area contributed by atoms with E-state index >= 15 is 0 Å². The minimum atomic E-state index is -0.311. The second-order valence-corrected chi connectivity index (χ2v) is 4.52. The first-order valence-corrected chi connectivity index (χ1v) is 6.28. The first kappa shape index (κ1) is 13.6. The summed E-state index contributed by atoms with van der Waals surface area (Å²) in [6.45, 7) is 1.32. The van der Waals surface area contributed by atoms with E-state index in [9.17, 15) is 4.79 Å². The van der Waals surface area contributed by atoms with Gasteiger partial charge >= 0.3 is 5.97 Å². The number of nitrogens with one attached hydrogen (secondary N) is 1. The van der Waals surface area contributed by atoms with Gasteiger partial charge in [-0.15, -0.1) is 0 Å². The van der Waals surface area contributed by atoms with Crippen molar-refractivity contribution in [3.05, 3.63) is 58.8 Å². The third kappa shape index (κ3) is 3.84. The Morgan fingerprint density at radius 1 is 1.42 bits per heavy atom. The van der Waals surface area contributed by atoms with E-state index in [4.69, 9.17) is 11.6 Å². The number of hydrogen-bond acceptors (Lipinski definition) is 4. The summed E-state index contributed by atoms with van der Waals surface area (Å²) >= 11 is 5.83. The number of methoxy groups -OCH3 is 1. The number of hydrazine groups is 1. The van der Waals surface area contributed by atoms with Crippen molar-refractivity contribution in [3.63, 3.8) is 0 Å². The van der Waals surface area contributed by atoms with Crippen molar-refractivity contribution in [3.8, 4) is 0 Å². The van der Waals surface area contributed by atoms with E-state index < -0.39 is 0 Å². The maximum absolute atomic E-state index is 11.3. The van der Waals surface area contributed by atoms with Crippen LogP contribution in [0.3, 0.4) is 0 Å². The third-order valence-electron chi connectivity index (χ3n) is 2.76. The molecule has 0 spiro atoms. The molecule has 0 aliphatic carbocycles. The van der Waals surface area contributed by atoms with E-state index in [2.05, 4.69) is 10.2 Å². The van der Waals surface area contributed by atoms with Gasteiger partial charge in [0.05, 0.1) is 19.2 Å². The van der Waals surface area contributed by atoms with E-state index in [0.717, 1.165) is 10.6 Å². The number of carbonyl (C=O) groups is 1. The number of carbonyl (C=O) groups excluding carboxylic acids is 1. The van der Waals surface area contributed by atoms with Gasteiger partial charge in [0.15, 0.2) is 0 Å². The summed E-state index contributed by atoms with van der Waals surface area (Å²) in [6, 6.07) is 7.66. The predicted octanol–water partition coefficient (Wildman–Crippen LogP) is 2.27. The topological polar surface area (TPSA) is 41.6 Å². The summed E-state index contributed by atoms with van der Waals surface area (Å²) in [7, 11) is 1.38. The van der Waals surface area contributed by atoms with Crippen LogP contribution >= 0.6 is 11.6 Å². The van der Waals surface area contributed by atoms with E-state index in [1.165, 1.54) is 7.11 Å². The Kier molecular flexibility index (Phi) is 4.60. The van der Waals surface area contributed by atoms with Gasteiger partial charge < -0.3 is 9.75 Å². The van der Waals surface area contributed by atoms with Crippen molar-refractivity contribution >= 4 is 17.6 Å². The Balaban J connectivity index is 1.83. The second kappa shape index (κ2) is 6.41. The summed E-state index contributed by atoms with van der Waals surface area (Å²) in [6.07, 6.45) is 5.37. The molecule has 0 bridgehead atoms. The molecule has 1 aliphatic heterocycles. The van der Waals surface area contributed by atoms with Crippen molar-refractivity contribution in [2.75, 3.05) is 13.7 Å². The van der Waals surface area contributed by atoms with Gasteiger partial charge in [-0.05, 0) is 29.8 Å². The van der Waals surface area contributed by atoms with Crippen LogP contribution in [0.15, 0.2) is 48.2 Å². The lowest BCUT2D eigenvalue weighted by atomic mass is 10.2. The van der Waals surface area contributed by atoms with Crippen LogP contribution in [0.25, 0.3) is 0 Å². The van der Waals surface area contributed by atoms with Gasteiger partial charge in [-0.3, -0.25) is 0 Å². The first-order chi connectivity index (χ1) is 9.19. The van der Waals surface area contributed by atoms with Crippen LogP contribution in [0.2, 0.25) is 5.02 Å². The van der Waals surface area contributed by atoms with Gasteiger partial charge in [0, 0.05) is 17.8 Å². The van der Waals surface area contributed by atoms with Crippen molar-refractivity contribution in [2.45, 2.75) is 6.54 Å². The number of nitrogens with zero attached hydrogens (tertiary/aromatic N) is 1. The number of esters is 1. The molecule has 2 rings (SSSR count). The number of halogens is 1. The Labute approximate surface area is 117 Å². The first-order valence-electron chi connectivity index (χ1n) is 5.90.